The van der Waals surface area contributed by atoms with Gasteiger partial charge in [-0.1, -0.05) is 39.0 Å². The average Bonchev–Trinajstić information content (AvgIpc) is 3.18. The Morgan fingerprint density at radius 2 is 1.68 bits per heavy atom. The van der Waals surface area contributed by atoms with Crippen LogP contribution >= 0.6 is 0 Å². The SMILES string of the molecule is CCCOC(=O)c1ccc(NC(=O)[C@@H]2CC(=O)N(c3c(CC)cccc3CC)C2)cc1. The van der Waals surface area contributed by atoms with E-state index in [1.807, 2.05) is 25.1 Å². The highest BCUT2D eigenvalue weighted by atomic mass is 16.5. The summed E-state index contributed by atoms with van der Waals surface area (Å²) in [5.74, 6) is -1.01. The van der Waals surface area contributed by atoms with E-state index in [0.717, 1.165) is 36.1 Å². The number of esters is 1. The molecule has 0 aliphatic carbocycles. The molecule has 1 heterocycles. The van der Waals surface area contributed by atoms with E-state index in [2.05, 4.69) is 19.2 Å². The summed E-state index contributed by atoms with van der Waals surface area (Å²) in [6, 6.07) is 12.7. The molecule has 2 aromatic rings. The lowest BCUT2D eigenvalue weighted by molar-refractivity contribution is -0.122. The number of aryl methyl sites for hydroxylation is 2. The molecule has 0 spiro atoms. The molecule has 2 aromatic carbocycles. The monoisotopic (exact) mass is 422 g/mol. The molecule has 31 heavy (non-hydrogen) atoms. The van der Waals surface area contributed by atoms with Crippen molar-refractivity contribution in [1.82, 2.24) is 0 Å². The highest BCUT2D eigenvalue weighted by Crippen LogP contribution is 2.32. The standard InChI is InChI=1S/C25H30N2O4/c1-4-14-31-25(30)19-10-12-21(13-11-19)26-24(29)20-15-22(28)27(16-20)23-17(5-2)8-7-9-18(23)6-3/h7-13,20H,4-6,14-16H2,1-3H3,(H,26,29)/t20-/m1/s1. The number of carbonyl (C=O) groups excluding carboxylic acids is 3. The first-order chi connectivity index (χ1) is 15.0. The second-order valence-corrected chi connectivity index (χ2v) is 7.74. The number of para-hydroxylation sites is 1. The van der Waals surface area contributed by atoms with Gasteiger partial charge in [0.25, 0.3) is 0 Å². The summed E-state index contributed by atoms with van der Waals surface area (Å²) in [5, 5.41) is 2.87. The summed E-state index contributed by atoms with van der Waals surface area (Å²) in [6.07, 6.45) is 2.61. The van der Waals surface area contributed by atoms with Crippen molar-refractivity contribution in [3.8, 4) is 0 Å². The molecule has 1 aliphatic rings. The van der Waals surface area contributed by atoms with E-state index in [1.54, 1.807) is 29.2 Å². The van der Waals surface area contributed by atoms with Crippen LogP contribution in [-0.4, -0.2) is 30.9 Å². The molecule has 1 fully saturated rings. The van der Waals surface area contributed by atoms with Crippen LogP contribution in [0.1, 0.15) is 55.1 Å². The summed E-state index contributed by atoms with van der Waals surface area (Å²) in [6.45, 7) is 6.83. The van der Waals surface area contributed by atoms with Gasteiger partial charge >= 0.3 is 5.97 Å². The Kier molecular flexibility index (Phi) is 7.45. The summed E-state index contributed by atoms with van der Waals surface area (Å²) >= 11 is 0. The highest BCUT2D eigenvalue weighted by molar-refractivity contribution is 6.04. The zero-order valence-corrected chi connectivity index (χ0v) is 18.4. The van der Waals surface area contributed by atoms with Crippen molar-refractivity contribution in [2.75, 3.05) is 23.4 Å². The molecule has 0 unspecified atom stereocenters. The molecular weight excluding hydrogens is 392 g/mol. The normalized spacial score (nSPS) is 15.8. The predicted octanol–water partition coefficient (Wildman–Crippen LogP) is 4.37. The van der Waals surface area contributed by atoms with Crippen LogP contribution in [-0.2, 0) is 27.2 Å². The van der Waals surface area contributed by atoms with Gasteiger partial charge < -0.3 is 15.0 Å². The van der Waals surface area contributed by atoms with Gasteiger partial charge in [-0.15, -0.1) is 0 Å². The van der Waals surface area contributed by atoms with Gasteiger partial charge in [0.2, 0.25) is 11.8 Å². The third kappa shape index (κ3) is 5.13. The van der Waals surface area contributed by atoms with Crippen LogP contribution in [0.3, 0.4) is 0 Å². The molecule has 1 N–H and O–H groups in total. The fraction of sp³-hybridized carbons (Fsp3) is 0.400. The lowest BCUT2D eigenvalue weighted by Gasteiger charge is -2.23. The molecule has 1 atom stereocenters. The number of rotatable bonds is 8. The van der Waals surface area contributed by atoms with Crippen molar-refractivity contribution in [1.29, 1.82) is 0 Å². The first-order valence-corrected chi connectivity index (χ1v) is 11.0. The molecule has 164 valence electrons. The van der Waals surface area contributed by atoms with Crippen LogP contribution in [0.5, 0.6) is 0 Å². The van der Waals surface area contributed by atoms with Crippen LogP contribution in [0.2, 0.25) is 0 Å². The van der Waals surface area contributed by atoms with Crippen LogP contribution in [0, 0.1) is 5.92 Å². The number of hydrogen-bond acceptors (Lipinski definition) is 4. The van der Waals surface area contributed by atoms with Crippen LogP contribution in [0.25, 0.3) is 0 Å². The Morgan fingerprint density at radius 3 is 2.26 bits per heavy atom. The van der Waals surface area contributed by atoms with Gasteiger partial charge in [0, 0.05) is 24.3 Å². The van der Waals surface area contributed by atoms with Crippen molar-refractivity contribution in [2.45, 2.75) is 46.5 Å². The van der Waals surface area contributed by atoms with Crippen LogP contribution in [0.15, 0.2) is 42.5 Å². The number of amides is 2. The van der Waals surface area contributed by atoms with Gasteiger partial charge in [0.1, 0.15) is 0 Å². The molecule has 1 saturated heterocycles. The van der Waals surface area contributed by atoms with Crippen molar-refractivity contribution in [3.63, 3.8) is 0 Å². The molecule has 6 heteroatoms. The van der Waals surface area contributed by atoms with Crippen molar-refractivity contribution in [2.24, 2.45) is 5.92 Å². The van der Waals surface area contributed by atoms with Crippen LogP contribution in [0.4, 0.5) is 11.4 Å². The number of ether oxygens (including phenoxy) is 1. The number of nitrogens with one attached hydrogen (secondary N) is 1. The molecule has 2 amide bonds. The zero-order valence-electron chi connectivity index (χ0n) is 18.4. The predicted molar refractivity (Wildman–Crippen MR) is 121 cm³/mol. The Labute approximate surface area is 183 Å². The fourth-order valence-corrected chi connectivity index (χ4v) is 3.87. The van der Waals surface area contributed by atoms with E-state index in [0.29, 0.717) is 24.4 Å². The van der Waals surface area contributed by atoms with E-state index in [-0.39, 0.29) is 24.2 Å². The summed E-state index contributed by atoms with van der Waals surface area (Å²) in [7, 11) is 0. The second kappa shape index (κ2) is 10.2. The van der Waals surface area contributed by atoms with E-state index < -0.39 is 5.92 Å². The van der Waals surface area contributed by atoms with E-state index in [9.17, 15) is 14.4 Å². The number of hydrogen-bond donors (Lipinski definition) is 1. The zero-order chi connectivity index (χ0) is 22.4. The molecule has 0 saturated carbocycles. The van der Waals surface area contributed by atoms with Crippen molar-refractivity contribution in [3.05, 3.63) is 59.2 Å². The quantitative estimate of drug-likeness (QED) is 0.641. The first kappa shape index (κ1) is 22.5. The fourth-order valence-electron chi connectivity index (χ4n) is 3.87. The molecule has 6 nitrogen and oxygen atoms in total. The van der Waals surface area contributed by atoms with E-state index in [1.165, 1.54) is 0 Å². The highest BCUT2D eigenvalue weighted by Gasteiger charge is 2.36. The number of benzene rings is 2. The minimum atomic E-state index is -0.420. The minimum absolute atomic E-state index is 0.0234. The largest absolute Gasteiger partial charge is 0.462 e. The molecule has 0 aromatic heterocycles. The smallest absolute Gasteiger partial charge is 0.338 e. The second-order valence-electron chi connectivity index (χ2n) is 7.74. The third-order valence-corrected chi connectivity index (χ3v) is 5.56. The molecule has 0 radical (unpaired) electrons. The van der Waals surface area contributed by atoms with Gasteiger partial charge in [0.05, 0.1) is 18.1 Å². The molecular formula is C25H30N2O4. The molecule has 3 rings (SSSR count). The summed E-state index contributed by atoms with van der Waals surface area (Å²) < 4.78 is 5.11. The molecule has 1 aliphatic heterocycles. The maximum atomic E-state index is 12.8. The Bertz CT molecular complexity index is 930. The lowest BCUT2D eigenvalue weighted by Crippen LogP contribution is -2.29. The van der Waals surface area contributed by atoms with Gasteiger partial charge in [0.15, 0.2) is 0 Å². The average molecular weight is 423 g/mol. The maximum Gasteiger partial charge on any atom is 0.338 e. The van der Waals surface area contributed by atoms with E-state index in [4.69, 9.17) is 4.74 Å². The Morgan fingerprint density at radius 1 is 1.03 bits per heavy atom. The minimum Gasteiger partial charge on any atom is -0.462 e. The number of anilines is 2. The summed E-state index contributed by atoms with van der Waals surface area (Å²) in [5.41, 5.74) is 4.24. The van der Waals surface area contributed by atoms with Crippen molar-refractivity contribution >= 4 is 29.2 Å². The lowest BCUT2D eigenvalue weighted by atomic mass is 10.0. The summed E-state index contributed by atoms with van der Waals surface area (Å²) in [4.78, 5) is 39.3. The Hall–Kier alpha value is -3.15. The van der Waals surface area contributed by atoms with Gasteiger partial charge in [-0.2, -0.15) is 0 Å². The van der Waals surface area contributed by atoms with E-state index >= 15 is 0 Å². The Balaban J connectivity index is 1.68. The van der Waals surface area contributed by atoms with Crippen molar-refractivity contribution < 1.29 is 19.1 Å². The third-order valence-electron chi connectivity index (χ3n) is 5.56. The van der Waals surface area contributed by atoms with Gasteiger partial charge in [-0.25, -0.2) is 4.79 Å². The van der Waals surface area contributed by atoms with Gasteiger partial charge in [-0.05, 0) is 54.7 Å². The topological polar surface area (TPSA) is 75.7 Å². The number of carbonyl (C=O) groups is 3. The van der Waals surface area contributed by atoms with Crippen LogP contribution < -0.4 is 10.2 Å². The van der Waals surface area contributed by atoms with Gasteiger partial charge in [-0.3, -0.25) is 9.59 Å². The number of nitrogens with zero attached hydrogens (tertiary/aromatic N) is 1. The first-order valence-electron chi connectivity index (χ1n) is 11.0. The maximum absolute atomic E-state index is 12.8. The molecule has 0 bridgehead atoms.